The normalized spacial score (nSPS) is 12.1. The first kappa shape index (κ1) is 23.7. The molecule has 0 aliphatic carbocycles. The van der Waals surface area contributed by atoms with Crippen LogP contribution in [0.15, 0.2) is 156 Å². The van der Waals surface area contributed by atoms with E-state index in [4.69, 9.17) is 4.42 Å². The Hall–Kier alpha value is -5.86. The maximum atomic E-state index is 6.37. The first-order valence-corrected chi connectivity index (χ1v) is 15.1. The van der Waals surface area contributed by atoms with Crippen molar-refractivity contribution in [2.45, 2.75) is 0 Å². The quantitative estimate of drug-likeness (QED) is 0.210. The molecule has 0 unspecified atom stereocenters. The van der Waals surface area contributed by atoms with Gasteiger partial charge in [-0.2, -0.15) is 0 Å². The molecule has 0 atom stereocenters. The Morgan fingerprint density at radius 1 is 0.364 bits per heavy atom. The van der Waals surface area contributed by atoms with Crippen LogP contribution in [0.1, 0.15) is 0 Å². The second kappa shape index (κ2) is 8.82. The highest BCUT2D eigenvalue weighted by Crippen LogP contribution is 2.42. The predicted molar refractivity (Wildman–Crippen MR) is 185 cm³/mol. The number of aromatic nitrogens is 1. The van der Waals surface area contributed by atoms with Crippen LogP contribution in [0.25, 0.3) is 93.4 Å². The average molecular weight is 560 g/mol. The molecule has 2 heteroatoms. The molecule has 7 aromatic carbocycles. The summed E-state index contributed by atoms with van der Waals surface area (Å²) in [7, 11) is 0. The summed E-state index contributed by atoms with van der Waals surface area (Å²) >= 11 is 0. The molecule has 0 fully saturated rings. The lowest BCUT2D eigenvalue weighted by atomic mass is 9.94. The number of hydrogen-bond acceptors (Lipinski definition) is 1. The summed E-state index contributed by atoms with van der Waals surface area (Å²) < 4.78 is 8.80. The van der Waals surface area contributed by atoms with Crippen molar-refractivity contribution < 1.29 is 4.42 Å². The van der Waals surface area contributed by atoms with Crippen molar-refractivity contribution in [1.82, 2.24) is 4.40 Å². The number of para-hydroxylation sites is 4. The Morgan fingerprint density at radius 2 is 0.886 bits per heavy atom. The average Bonchev–Trinajstić information content (AvgIpc) is 3.75. The van der Waals surface area contributed by atoms with Crippen LogP contribution in [-0.4, -0.2) is 4.40 Å². The van der Waals surface area contributed by atoms with Crippen LogP contribution in [-0.2, 0) is 0 Å². The van der Waals surface area contributed by atoms with E-state index in [9.17, 15) is 0 Å². The largest absolute Gasteiger partial charge is 0.455 e. The number of fused-ring (bicyclic) bond motifs is 9. The van der Waals surface area contributed by atoms with E-state index in [2.05, 4.69) is 144 Å². The zero-order valence-electron chi connectivity index (χ0n) is 23.8. The van der Waals surface area contributed by atoms with E-state index in [0.29, 0.717) is 0 Å². The van der Waals surface area contributed by atoms with Crippen LogP contribution < -0.4 is 0 Å². The van der Waals surface area contributed by atoms with Crippen LogP contribution in [0, 0.1) is 0 Å². The number of rotatable bonds is 3. The highest BCUT2D eigenvalue weighted by atomic mass is 16.3. The van der Waals surface area contributed by atoms with Crippen LogP contribution >= 0.6 is 0 Å². The van der Waals surface area contributed by atoms with Gasteiger partial charge in [-0.1, -0.05) is 109 Å². The molecule has 0 aliphatic rings. The third kappa shape index (κ3) is 3.25. The molecule has 0 saturated heterocycles. The summed E-state index contributed by atoms with van der Waals surface area (Å²) in [6, 6.07) is 54.8. The van der Waals surface area contributed by atoms with Crippen LogP contribution in [0.4, 0.5) is 0 Å². The molecule has 204 valence electrons. The predicted octanol–water partition coefficient (Wildman–Crippen LogP) is 11.7. The summed E-state index contributed by atoms with van der Waals surface area (Å²) in [5.74, 6) is 0. The Balaban J connectivity index is 1.14. The van der Waals surface area contributed by atoms with Gasteiger partial charge in [0.15, 0.2) is 0 Å². The van der Waals surface area contributed by atoms with E-state index in [1.54, 1.807) is 0 Å². The summed E-state index contributed by atoms with van der Waals surface area (Å²) in [4.78, 5) is 0. The molecule has 0 N–H and O–H groups in total. The van der Waals surface area contributed by atoms with Crippen LogP contribution in [0.5, 0.6) is 0 Å². The number of hydrogen-bond donors (Lipinski definition) is 0. The van der Waals surface area contributed by atoms with Gasteiger partial charge in [0, 0.05) is 37.9 Å². The van der Waals surface area contributed by atoms with E-state index in [1.165, 1.54) is 60.3 Å². The van der Waals surface area contributed by atoms with Crippen molar-refractivity contribution in [2.24, 2.45) is 0 Å². The van der Waals surface area contributed by atoms with Crippen molar-refractivity contribution in [2.75, 3.05) is 0 Å². The molecule has 0 aliphatic heterocycles. The lowest BCUT2D eigenvalue weighted by Crippen LogP contribution is -1.84. The monoisotopic (exact) mass is 559 g/mol. The van der Waals surface area contributed by atoms with Gasteiger partial charge in [0.1, 0.15) is 11.2 Å². The summed E-state index contributed by atoms with van der Waals surface area (Å²) in [5.41, 5.74) is 12.8. The number of nitrogens with zero attached hydrogens (tertiary/aromatic N) is 1. The van der Waals surface area contributed by atoms with Crippen molar-refractivity contribution in [1.29, 1.82) is 0 Å². The van der Waals surface area contributed by atoms with E-state index in [1.807, 2.05) is 12.1 Å². The molecule has 0 bridgehead atoms. The Kier molecular flexibility index (Phi) is 4.75. The van der Waals surface area contributed by atoms with Crippen molar-refractivity contribution >= 4 is 60.0 Å². The minimum Gasteiger partial charge on any atom is -0.455 e. The second-order valence-electron chi connectivity index (χ2n) is 11.7. The topological polar surface area (TPSA) is 17.6 Å². The fourth-order valence-corrected chi connectivity index (χ4v) is 7.34. The Labute approximate surface area is 253 Å². The van der Waals surface area contributed by atoms with Gasteiger partial charge in [-0.3, -0.25) is 0 Å². The zero-order valence-corrected chi connectivity index (χ0v) is 23.8. The molecule has 0 radical (unpaired) electrons. The van der Waals surface area contributed by atoms with Crippen LogP contribution in [0.3, 0.4) is 0 Å². The summed E-state index contributed by atoms with van der Waals surface area (Å²) in [6.45, 7) is 0. The van der Waals surface area contributed by atoms with Crippen molar-refractivity contribution in [3.05, 3.63) is 152 Å². The molecule has 3 heterocycles. The first-order chi connectivity index (χ1) is 21.8. The fraction of sp³-hybridized carbons (Fsp3) is 0. The SMILES string of the molecule is c1cc(-c2cccc(-c3cccc4c3oc3ccccc34)c2)cc(-c2cc3c4ccccc4n4c5ccccc5c(c2)c34)c1. The van der Waals surface area contributed by atoms with Gasteiger partial charge < -0.3 is 8.82 Å². The number of benzene rings is 7. The van der Waals surface area contributed by atoms with Crippen molar-refractivity contribution in [3.8, 4) is 33.4 Å². The lowest BCUT2D eigenvalue weighted by Gasteiger charge is -2.10. The Morgan fingerprint density at radius 3 is 1.59 bits per heavy atom. The summed E-state index contributed by atoms with van der Waals surface area (Å²) in [5, 5.41) is 7.50. The van der Waals surface area contributed by atoms with E-state index in [-0.39, 0.29) is 0 Å². The van der Waals surface area contributed by atoms with Gasteiger partial charge in [0.25, 0.3) is 0 Å². The van der Waals surface area contributed by atoms with Crippen LogP contribution in [0.2, 0.25) is 0 Å². The molecular formula is C42H25NO. The van der Waals surface area contributed by atoms with E-state index >= 15 is 0 Å². The Bertz CT molecular complexity index is 2640. The minimum atomic E-state index is 0.921. The maximum Gasteiger partial charge on any atom is 0.143 e. The molecule has 0 amide bonds. The van der Waals surface area contributed by atoms with Gasteiger partial charge in [-0.15, -0.1) is 0 Å². The first-order valence-electron chi connectivity index (χ1n) is 15.1. The molecule has 3 aromatic heterocycles. The third-order valence-electron chi connectivity index (χ3n) is 9.31. The number of furan rings is 1. The van der Waals surface area contributed by atoms with Gasteiger partial charge in [-0.05, 0) is 70.3 Å². The van der Waals surface area contributed by atoms with Gasteiger partial charge >= 0.3 is 0 Å². The van der Waals surface area contributed by atoms with E-state index < -0.39 is 0 Å². The highest BCUT2D eigenvalue weighted by Gasteiger charge is 2.19. The molecule has 44 heavy (non-hydrogen) atoms. The zero-order chi connectivity index (χ0) is 28.8. The lowest BCUT2D eigenvalue weighted by molar-refractivity contribution is 0.670. The molecule has 0 saturated carbocycles. The highest BCUT2D eigenvalue weighted by molar-refractivity contribution is 6.24. The molecule has 10 aromatic rings. The standard InChI is InChI=1S/C42H25NO/c1-4-19-38-32(14-1)36-24-30(25-37-33-15-2-5-20-39(33)43(38)41(36)37)28-12-7-10-26(22-28)27-11-8-13-29(23-27)31-17-9-18-35-34-16-3-6-21-40(34)44-42(31)35/h1-25H. The smallest absolute Gasteiger partial charge is 0.143 e. The van der Waals surface area contributed by atoms with Gasteiger partial charge in [0.2, 0.25) is 0 Å². The minimum absolute atomic E-state index is 0.921. The fourth-order valence-electron chi connectivity index (χ4n) is 7.34. The maximum absolute atomic E-state index is 6.37. The summed E-state index contributed by atoms with van der Waals surface area (Å²) in [6.07, 6.45) is 0. The van der Waals surface area contributed by atoms with Crippen molar-refractivity contribution in [3.63, 3.8) is 0 Å². The van der Waals surface area contributed by atoms with Gasteiger partial charge in [0.05, 0.1) is 16.6 Å². The third-order valence-corrected chi connectivity index (χ3v) is 9.31. The molecule has 10 rings (SSSR count). The molecule has 0 spiro atoms. The van der Waals surface area contributed by atoms with E-state index in [0.717, 1.165) is 33.1 Å². The molecular weight excluding hydrogens is 534 g/mol. The van der Waals surface area contributed by atoms with Gasteiger partial charge in [-0.25, -0.2) is 0 Å². The second-order valence-corrected chi connectivity index (χ2v) is 11.7. The molecule has 2 nitrogen and oxygen atoms in total.